The average Bonchev–Trinajstić information content (AvgIpc) is 2.88. The Morgan fingerprint density at radius 3 is 2.41 bits per heavy atom. The van der Waals surface area contributed by atoms with Crippen molar-refractivity contribution < 1.29 is 23.8 Å². The van der Waals surface area contributed by atoms with Gasteiger partial charge in [0.1, 0.15) is 17.4 Å². The molecule has 3 atom stereocenters. The minimum Gasteiger partial charge on any atom is -0.468 e. The number of benzene rings is 1. The van der Waals surface area contributed by atoms with Crippen molar-refractivity contribution in [1.82, 2.24) is 10.2 Å². The maximum atomic E-state index is 13.0. The quantitative estimate of drug-likeness (QED) is 0.732. The lowest BCUT2D eigenvalue weighted by atomic mass is 10.00. The minimum absolute atomic E-state index is 0.250. The van der Waals surface area contributed by atoms with Crippen LogP contribution in [0.5, 0.6) is 0 Å². The molecule has 0 saturated carbocycles. The van der Waals surface area contributed by atoms with Crippen molar-refractivity contribution in [3.8, 4) is 0 Å². The van der Waals surface area contributed by atoms with E-state index in [-0.39, 0.29) is 18.1 Å². The van der Waals surface area contributed by atoms with Crippen molar-refractivity contribution in [3.63, 3.8) is 0 Å². The molecule has 2 rings (SSSR count). The molecule has 0 aromatic heterocycles. The molecule has 1 heterocycles. The number of nitrogens with zero attached hydrogens (tertiary/aromatic N) is 1. The van der Waals surface area contributed by atoms with Crippen LogP contribution in [0.4, 0.5) is 4.79 Å². The Bertz CT molecular complexity index is 699. The van der Waals surface area contributed by atoms with Crippen LogP contribution >= 0.6 is 0 Å². The van der Waals surface area contributed by atoms with Crippen molar-refractivity contribution in [3.05, 3.63) is 35.9 Å². The third kappa shape index (κ3) is 6.18. The van der Waals surface area contributed by atoms with Gasteiger partial charge in [0.15, 0.2) is 0 Å². The highest BCUT2D eigenvalue weighted by Gasteiger charge is 2.51. The predicted octanol–water partition coefficient (Wildman–Crippen LogP) is 3.12. The number of methoxy groups -OCH3 is 1. The number of hydrogen-bond acceptors (Lipinski definition) is 6. The van der Waals surface area contributed by atoms with Crippen LogP contribution in [0.2, 0.25) is 0 Å². The first-order valence-corrected chi connectivity index (χ1v) is 10.00. The normalized spacial score (nSPS) is 22.2. The van der Waals surface area contributed by atoms with Crippen molar-refractivity contribution in [1.29, 1.82) is 0 Å². The molecule has 7 heteroatoms. The van der Waals surface area contributed by atoms with Gasteiger partial charge in [-0.05, 0) is 53.5 Å². The average molecular weight is 407 g/mol. The van der Waals surface area contributed by atoms with Crippen LogP contribution in [-0.4, -0.2) is 60.1 Å². The van der Waals surface area contributed by atoms with Gasteiger partial charge in [-0.15, -0.1) is 0 Å². The lowest BCUT2D eigenvalue weighted by Gasteiger charge is -2.35. The molecule has 1 saturated heterocycles. The van der Waals surface area contributed by atoms with Gasteiger partial charge < -0.3 is 19.5 Å². The van der Waals surface area contributed by atoms with Gasteiger partial charge in [0.2, 0.25) is 0 Å². The van der Waals surface area contributed by atoms with Gasteiger partial charge in [-0.1, -0.05) is 30.3 Å². The van der Waals surface area contributed by atoms with E-state index in [0.717, 1.165) is 5.56 Å². The van der Waals surface area contributed by atoms with Crippen LogP contribution in [0, 0.1) is 0 Å². The summed E-state index contributed by atoms with van der Waals surface area (Å²) in [4.78, 5) is 26.5. The monoisotopic (exact) mass is 406 g/mol. The number of carbonyl (C=O) groups is 2. The van der Waals surface area contributed by atoms with E-state index in [0.29, 0.717) is 13.0 Å². The maximum absolute atomic E-state index is 13.0. The zero-order chi connectivity index (χ0) is 21.8. The van der Waals surface area contributed by atoms with Gasteiger partial charge >= 0.3 is 12.1 Å². The fourth-order valence-electron chi connectivity index (χ4n) is 3.55. The second kappa shape index (κ2) is 9.13. The second-order valence-electron chi connectivity index (χ2n) is 8.86. The lowest BCUT2D eigenvalue weighted by molar-refractivity contribution is -0.142. The summed E-state index contributed by atoms with van der Waals surface area (Å²) < 4.78 is 16.7. The number of esters is 1. The number of nitrogens with one attached hydrogen (secondary N) is 1. The molecule has 0 unspecified atom stereocenters. The van der Waals surface area contributed by atoms with Gasteiger partial charge in [0, 0.05) is 6.54 Å². The molecule has 1 amide bonds. The summed E-state index contributed by atoms with van der Waals surface area (Å²) >= 11 is 0. The standard InChI is InChI=1S/C22H34N2O5/c1-15(19(25)27-7)23-14-18-17(13-16-11-9-8-10-12-16)24(22(5,6)28-18)20(26)29-21(2,3)4/h8-12,15,17-18,23H,13-14H2,1-7H3/t15-,17-,18-/m0/s1. The largest absolute Gasteiger partial charge is 0.468 e. The fraction of sp³-hybridized carbons (Fsp3) is 0.636. The number of amides is 1. The molecule has 1 aliphatic heterocycles. The van der Waals surface area contributed by atoms with Crippen LogP contribution in [0.3, 0.4) is 0 Å². The van der Waals surface area contributed by atoms with E-state index in [4.69, 9.17) is 14.2 Å². The first-order chi connectivity index (χ1) is 13.4. The summed E-state index contributed by atoms with van der Waals surface area (Å²) in [6.07, 6.45) is -0.112. The van der Waals surface area contributed by atoms with E-state index in [2.05, 4.69) is 5.32 Å². The zero-order valence-electron chi connectivity index (χ0n) is 18.5. The Morgan fingerprint density at radius 2 is 1.86 bits per heavy atom. The van der Waals surface area contributed by atoms with Gasteiger partial charge in [0.25, 0.3) is 0 Å². The Balaban J connectivity index is 2.26. The molecule has 1 aromatic carbocycles. The third-order valence-corrected chi connectivity index (χ3v) is 4.84. The molecule has 0 spiro atoms. The van der Waals surface area contributed by atoms with E-state index < -0.39 is 23.5 Å². The van der Waals surface area contributed by atoms with Crippen molar-refractivity contribution in [2.75, 3.05) is 13.7 Å². The molecule has 1 fully saturated rings. The Hall–Kier alpha value is -2.12. The smallest absolute Gasteiger partial charge is 0.412 e. The van der Waals surface area contributed by atoms with Gasteiger partial charge in [-0.2, -0.15) is 0 Å². The molecular formula is C22H34N2O5. The molecule has 7 nitrogen and oxygen atoms in total. The maximum Gasteiger partial charge on any atom is 0.412 e. The van der Waals surface area contributed by atoms with Crippen molar-refractivity contribution >= 4 is 12.1 Å². The number of hydrogen-bond donors (Lipinski definition) is 1. The van der Waals surface area contributed by atoms with E-state index >= 15 is 0 Å². The van der Waals surface area contributed by atoms with Crippen LogP contribution in [0.1, 0.15) is 47.1 Å². The molecule has 1 N–H and O–H groups in total. The van der Waals surface area contributed by atoms with Crippen LogP contribution in [0.25, 0.3) is 0 Å². The first-order valence-electron chi connectivity index (χ1n) is 10.00. The molecule has 162 valence electrons. The summed E-state index contributed by atoms with van der Waals surface area (Å²) in [5.41, 5.74) is -0.360. The summed E-state index contributed by atoms with van der Waals surface area (Å²) in [6, 6.07) is 9.24. The number of carbonyl (C=O) groups excluding carboxylic acids is 2. The Kier molecular flexibility index (Phi) is 7.30. The highest BCUT2D eigenvalue weighted by atomic mass is 16.6. The molecular weight excluding hydrogens is 372 g/mol. The molecule has 29 heavy (non-hydrogen) atoms. The highest BCUT2D eigenvalue weighted by Crippen LogP contribution is 2.35. The number of rotatable bonds is 6. The molecule has 0 radical (unpaired) electrons. The van der Waals surface area contributed by atoms with Crippen LogP contribution < -0.4 is 5.32 Å². The first kappa shape index (κ1) is 23.2. The van der Waals surface area contributed by atoms with Gasteiger partial charge in [-0.3, -0.25) is 9.69 Å². The zero-order valence-corrected chi connectivity index (χ0v) is 18.5. The topological polar surface area (TPSA) is 77.1 Å². The SMILES string of the molecule is COC(=O)[C@H](C)NC[C@@H]1OC(C)(C)N(C(=O)OC(C)(C)C)[C@H]1Cc1ccccc1. The van der Waals surface area contributed by atoms with Crippen molar-refractivity contribution in [2.45, 2.75) is 77.5 Å². The van der Waals surface area contributed by atoms with E-state index in [1.165, 1.54) is 7.11 Å². The summed E-state index contributed by atoms with van der Waals surface area (Å²) in [5.74, 6) is -0.342. The fourth-order valence-corrected chi connectivity index (χ4v) is 3.55. The lowest BCUT2D eigenvalue weighted by Crippen LogP contribution is -2.52. The summed E-state index contributed by atoms with van der Waals surface area (Å²) in [5, 5.41) is 3.16. The van der Waals surface area contributed by atoms with Gasteiger partial charge in [0.05, 0.1) is 19.3 Å². The summed E-state index contributed by atoms with van der Waals surface area (Å²) in [7, 11) is 1.36. The molecule has 0 aliphatic carbocycles. The third-order valence-electron chi connectivity index (χ3n) is 4.84. The molecule has 1 aromatic rings. The van der Waals surface area contributed by atoms with E-state index in [1.807, 2.05) is 65.0 Å². The molecule has 0 bridgehead atoms. The Labute approximate surface area is 173 Å². The molecule has 1 aliphatic rings. The summed E-state index contributed by atoms with van der Waals surface area (Å²) in [6.45, 7) is 11.4. The highest BCUT2D eigenvalue weighted by molar-refractivity contribution is 5.75. The number of ether oxygens (including phenoxy) is 3. The van der Waals surface area contributed by atoms with E-state index in [1.54, 1.807) is 11.8 Å². The second-order valence-corrected chi connectivity index (χ2v) is 8.86. The van der Waals surface area contributed by atoms with Gasteiger partial charge in [-0.25, -0.2) is 4.79 Å². The minimum atomic E-state index is -0.845. The van der Waals surface area contributed by atoms with Crippen LogP contribution in [0.15, 0.2) is 30.3 Å². The predicted molar refractivity (Wildman–Crippen MR) is 110 cm³/mol. The van der Waals surface area contributed by atoms with E-state index in [9.17, 15) is 9.59 Å². The Morgan fingerprint density at radius 1 is 1.24 bits per heavy atom. The van der Waals surface area contributed by atoms with Crippen LogP contribution in [-0.2, 0) is 25.4 Å². The van der Waals surface area contributed by atoms with Crippen molar-refractivity contribution in [2.24, 2.45) is 0 Å².